The maximum absolute atomic E-state index is 12.3. The number of hydrogen-bond acceptors (Lipinski definition) is 3. The summed E-state index contributed by atoms with van der Waals surface area (Å²) >= 11 is 5.09. The van der Waals surface area contributed by atoms with Crippen molar-refractivity contribution in [1.29, 1.82) is 0 Å². The Morgan fingerprint density at radius 2 is 2.00 bits per heavy atom. The maximum Gasteiger partial charge on any atom is 0.261 e. The van der Waals surface area contributed by atoms with Crippen LogP contribution >= 0.6 is 12.2 Å². The van der Waals surface area contributed by atoms with Crippen LogP contribution in [0, 0.1) is 4.77 Å². The molecule has 0 fully saturated rings. The van der Waals surface area contributed by atoms with Crippen molar-refractivity contribution in [3.8, 4) is 0 Å². The summed E-state index contributed by atoms with van der Waals surface area (Å²) in [5.41, 5.74) is 0.988. The van der Waals surface area contributed by atoms with Crippen LogP contribution in [0.15, 0.2) is 23.0 Å². The molecule has 0 atom stereocenters. The molecule has 20 heavy (non-hydrogen) atoms. The predicted molar refractivity (Wildman–Crippen MR) is 81.6 cm³/mol. The number of aromatic amines is 1. The molecule has 6 heteroatoms. The third-order valence-corrected chi connectivity index (χ3v) is 3.77. The zero-order chi connectivity index (χ0) is 14.9. The van der Waals surface area contributed by atoms with Crippen molar-refractivity contribution in [2.75, 3.05) is 13.1 Å². The number of benzene rings is 1. The van der Waals surface area contributed by atoms with Gasteiger partial charge in [0.15, 0.2) is 4.77 Å². The van der Waals surface area contributed by atoms with Crippen molar-refractivity contribution in [2.24, 2.45) is 7.05 Å². The number of aromatic nitrogens is 2. The van der Waals surface area contributed by atoms with Gasteiger partial charge in [-0.25, -0.2) is 0 Å². The van der Waals surface area contributed by atoms with E-state index < -0.39 is 0 Å². The highest BCUT2D eigenvalue weighted by Crippen LogP contribution is 2.12. The summed E-state index contributed by atoms with van der Waals surface area (Å²) in [6, 6.07) is 5.04. The number of H-pyrrole nitrogens is 1. The number of amides is 1. The van der Waals surface area contributed by atoms with Gasteiger partial charge >= 0.3 is 0 Å². The molecule has 1 N–H and O–H groups in total. The van der Waals surface area contributed by atoms with Crippen LogP contribution in [0.4, 0.5) is 0 Å². The predicted octanol–water partition coefficient (Wildman–Crippen LogP) is 2.08. The molecule has 1 amide bonds. The topological polar surface area (TPSA) is 58.1 Å². The number of nitrogens with one attached hydrogen (secondary N) is 1. The summed E-state index contributed by atoms with van der Waals surface area (Å²) in [5.74, 6) is -0.0445. The zero-order valence-corrected chi connectivity index (χ0v) is 12.6. The Labute approximate surface area is 121 Å². The van der Waals surface area contributed by atoms with E-state index >= 15 is 0 Å². The van der Waals surface area contributed by atoms with E-state index in [1.54, 1.807) is 30.1 Å². The van der Waals surface area contributed by atoms with Gasteiger partial charge in [-0.2, -0.15) is 0 Å². The van der Waals surface area contributed by atoms with Crippen LogP contribution in [0.3, 0.4) is 0 Å². The quantitative estimate of drug-likeness (QED) is 0.881. The molecule has 2 aromatic rings. The Balaban J connectivity index is 2.61. The van der Waals surface area contributed by atoms with Crippen molar-refractivity contribution >= 4 is 29.0 Å². The Kier molecular flexibility index (Phi) is 4.04. The van der Waals surface area contributed by atoms with E-state index in [1.165, 1.54) is 4.57 Å². The van der Waals surface area contributed by atoms with Crippen LogP contribution < -0.4 is 5.56 Å². The Bertz CT molecular complexity index is 772. The molecular weight excluding hydrogens is 274 g/mol. The molecule has 1 aromatic carbocycles. The van der Waals surface area contributed by atoms with E-state index in [4.69, 9.17) is 12.2 Å². The first-order valence-electron chi connectivity index (χ1n) is 6.52. The normalized spacial score (nSPS) is 10.8. The van der Waals surface area contributed by atoms with Crippen molar-refractivity contribution in [3.63, 3.8) is 0 Å². The molecule has 0 saturated heterocycles. The van der Waals surface area contributed by atoms with E-state index in [0.717, 1.165) is 0 Å². The molecule has 1 aromatic heterocycles. The molecule has 5 nitrogen and oxygen atoms in total. The van der Waals surface area contributed by atoms with Crippen molar-refractivity contribution in [2.45, 2.75) is 13.8 Å². The summed E-state index contributed by atoms with van der Waals surface area (Å²) in [6.07, 6.45) is 0. The molecule has 0 aliphatic rings. The minimum absolute atomic E-state index is 0.0445. The van der Waals surface area contributed by atoms with Gasteiger partial charge < -0.3 is 9.88 Å². The van der Waals surface area contributed by atoms with Crippen LogP contribution in [0.2, 0.25) is 0 Å². The Morgan fingerprint density at radius 3 is 2.60 bits per heavy atom. The average Bonchev–Trinajstić information content (AvgIpc) is 2.45. The molecule has 0 aliphatic heterocycles. The van der Waals surface area contributed by atoms with Gasteiger partial charge in [-0.3, -0.25) is 14.2 Å². The van der Waals surface area contributed by atoms with Crippen molar-refractivity contribution in [3.05, 3.63) is 38.9 Å². The molecule has 0 spiro atoms. The fraction of sp³-hybridized carbons (Fsp3) is 0.357. The lowest BCUT2D eigenvalue weighted by Crippen LogP contribution is -2.30. The van der Waals surface area contributed by atoms with Gasteiger partial charge in [0.05, 0.1) is 10.9 Å². The maximum atomic E-state index is 12.3. The van der Waals surface area contributed by atoms with Crippen LogP contribution in [0.1, 0.15) is 24.2 Å². The molecule has 0 saturated carbocycles. The van der Waals surface area contributed by atoms with Crippen molar-refractivity contribution in [1.82, 2.24) is 14.5 Å². The van der Waals surface area contributed by atoms with Gasteiger partial charge in [0, 0.05) is 25.7 Å². The van der Waals surface area contributed by atoms with Crippen LogP contribution in [-0.4, -0.2) is 33.4 Å². The molecule has 0 aliphatic carbocycles. The fourth-order valence-electron chi connectivity index (χ4n) is 2.13. The average molecular weight is 291 g/mol. The first-order chi connectivity index (χ1) is 9.49. The minimum atomic E-state index is -0.161. The van der Waals surface area contributed by atoms with E-state index in [9.17, 15) is 9.59 Å². The number of fused-ring (bicyclic) bond motifs is 1. The highest BCUT2D eigenvalue weighted by molar-refractivity contribution is 7.71. The Morgan fingerprint density at radius 1 is 1.35 bits per heavy atom. The number of rotatable bonds is 3. The second-order valence-corrected chi connectivity index (χ2v) is 4.92. The van der Waals surface area contributed by atoms with Gasteiger partial charge in [-0.1, -0.05) is 0 Å². The molecule has 2 rings (SSSR count). The third kappa shape index (κ3) is 2.38. The van der Waals surface area contributed by atoms with E-state index in [2.05, 4.69) is 4.98 Å². The second-order valence-electron chi connectivity index (χ2n) is 4.53. The van der Waals surface area contributed by atoms with Crippen LogP contribution in [-0.2, 0) is 7.05 Å². The minimum Gasteiger partial charge on any atom is -0.339 e. The smallest absolute Gasteiger partial charge is 0.261 e. The number of nitrogens with zero attached hydrogens (tertiary/aromatic N) is 2. The lowest BCUT2D eigenvalue weighted by molar-refractivity contribution is 0.0773. The highest BCUT2D eigenvalue weighted by Gasteiger charge is 2.13. The monoisotopic (exact) mass is 291 g/mol. The summed E-state index contributed by atoms with van der Waals surface area (Å²) in [4.78, 5) is 29.1. The first-order valence-corrected chi connectivity index (χ1v) is 6.92. The Hall–Kier alpha value is -1.95. The second kappa shape index (κ2) is 5.58. The van der Waals surface area contributed by atoms with Crippen LogP contribution in [0.5, 0.6) is 0 Å². The summed E-state index contributed by atoms with van der Waals surface area (Å²) in [7, 11) is 1.62. The standard InChI is InChI=1S/C14H17N3O2S/c1-4-17(5-2)12(18)9-6-7-10-11(8-9)15-14(20)16(3)13(10)19/h6-8H,4-5H2,1-3H3,(H,15,20). The summed E-state index contributed by atoms with van der Waals surface area (Å²) in [6.45, 7) is 5.18. The molecular formula is C14H17N3O2S. The molecule has 0 radical (unpaired) electrons. The largest absolute Gasteiger partial charge is 0.339 e. The van der Waals surface area contributed by atoms with Crippen molar-refractivity contribution < 1.29 is 4.79 Å². The number of carbonyl (C=O) groups is 1. The van der Waals surface area contributed by atoms with Gasteiger partial charge in [0.1, 0.15) is 0 Å². The van der Waals surface area contributed by atoms with E-state index in [0.29, 0.717) is 34.3 Å². The molecule has 0 bridgehead atoms. The van der Waals surface area contributed by atoms with Gasteiger partial charge in [-0.05, 0) is 44.3 Å². The number of hydrogen-bond donors (Lipinski definition) is 1. The zero-order valence-electron chi connectivity index (χ0n) is 11.8. The number of carbonyl (C=O) groups excluding carboxylic acids is 1. The highest BCUT2D eigenvalue weighted by atomic mass is 32.1. The van der Waals surface area contributed by atoms with Gasteiger partial charge in [0.25, 0.3) is 11.5 Å². The SMILES string of the molecule is CCN(CC)C(=O)c1ccc2c(=O)n(C)c(=S)[nH]c2c1. The molecule has 0 unspecified atom stereocenters. The molecule has 106 valence electrons. The lowest BCUT2D eigenvalue weighted by atomic mass is 10.1. The first kappa shape index (κ1) is 14.5. The fourth-order valence-corrected chi connectivity index (χ4v) is 2.33. The van der Waals surface area contributed by atoms with Crippen LogP contribution in [0.25, 0.3) is 10.9 Å². The van der Waals surface area contributed by atoms with E-state index in [-0.39, 0.29) is 11.5 Å². The lowest BCUT2D eigenvalue weighted by Gasteiger charge is -2.18. The summed E-state index contributed by atoms with van der Waals surface area (Å²) in [5, 5.41) is 0.525. The van der Waals surface area contributed by atoms with Gasteiger partial charge in [0.2, 0.25) is 0 Å². The van der Waals surface area contributed by atoms with Gasteiger partial charge in [-0.15, -0.1) is 0 Å². The van der Waals surface area contributed by atoms with E-state index in [1.807, 2.05) is 13.8 Å². The third-order valence-electron chi connectivity index (χ3n) is 3.40. The molecule has 1 heterocycles. The summed E-state index contributed by atoms with van der Waals surface area (Å²) < 4.78 is 1.72.